The molecule has 0 amide bonds. The van der Waals surface area contributed by atoms with Gasteiger partial charge in [0.2, 0.25) is 0 Å². The molecular formula is C33H22N2. The maximum atomic E-state index is 4.95. The van der Waals surface area contributed by atoms with Crippen LogP contribution >= 0.6 is 0 Å². The van der Waals surface area contributed by atoms with Crippen molar-refractivity contribution in [2.75, 3.05) is 4.90 Å². The zero-order chi connectivity index (χ0) is 22.7. The molecule has 0 unspecified atom stereocenters. The van der Waals surface area contributed by atoms with Gasteiger partial charge in [-0.15, -0.1) is 0 Å². The molecule has 9 rings (SSSR count). The van der Waals surface area contributed by atoms with E-state index in [4.69, 9.17) is 4.98 Å². The molecule has 0 fully saturated rings. The summed E-state index contributed by atoms with van der Waals surface area (Å²) in [4.78, 5) is 7.54. The molecule has 1 aromatic heterocycles. The molecule has 35 heavy (non-hydrogen) atoms. The molecule has 0 radical (unpaired) electrons. The maximum absolute atomic E-state index is 4.95. The number of hydrogen-bond donors (Lipinski definition) is 0. The number of pyridine rings is 1. The van der Waals surface area contributed by atoms with Crippen molar-refractivity contribution >= 4 is 17.1 Å². The first-order valence-corrected chi connectivity index (χ1v) is 12.6. The lowest BCUT2D eigenvalue weighted by atomic mass is 9.84. The van der Waals surface area contributed by atoms with E-state index >= 15 is 0 Å². The van der Waals surface area contributed by atoms with Crippen LogP contribution in [0.25, 0.3) is 22.3 Å². The summed E-state index contributed by atoms with van der Waals surface area (Å²) in [7, 11) is 0. The van der Waals surface area contributed by atoms with Crippen LogP contribution in [-0.4, -0.2) is 4.98 Å². The summed E-state index contributed by atoms with van der Waals surface area (Å²) in [5.41, 5.74) is 21.0. The Morgan fingerprint density at radius 2 is 1.26 bits per heavy atom. The number of nitrogens with zero attached hydrogens (tertiary/aromatic N) is 2. The fraction of sp³-hybridized carbons (Fsp3) is 0.121. The zero-order valence-electron chi connectivity index (χ0n) is 19.3. The second kappa shape index (κ2) is 6.28. The van der Waals surface area contributed by atoms with Crippen LogP contribution in [-0.2, 0) is 25.7 Å². The van der Waals surface area contributed by atoms with E-state index in [0.717, 1.165) is 25.7 Å². The number of anilines is 3. The highest BCUT2D eigenvalue weighted by molar-refractivity contribution is 6.00. The quantitative estimate of drug-likeness (QED) is 0.240. The van der Waals surface area contributed by atoms with Gasteiger partial charge in [0.15, 0.2) is 0 Å². The maximum Gasteiger partial charge on any atom is 0.0716 e. The highest BCUT2D eigenvalue weighted by atomic mass is 15.2. The Morgan fingerprint density at radius 1 is 0.514 bits per heavy atom. The molecule has 3 heterocycles. The average Bonchev–Trinajstić information content (AvgIpc) is 3.47. The van der Waals surface area contributed by atoms with Gasteiger partial charge in [-0.05, 0) is 80.6 Å². The molecule has 0 atom stereocenters. The van der Waals surface area contributed by atoms with E-state index in [1.54, 1.807) is 0 Å². The Hall–Kier alpha value is -4.17. The van der Waals surface area contributed by atoms with E-state index in [1.165, 1.54) is 84.0 Å². The first kappa shape index (κ1) is 18.2. The Bertz CT molecular complexity index is 1760. The third-order valence-electron chi connectivity index (χ3n) is 8.59. The summed E-state index contributed by atoms with van der Waals surface area (Å²) < 4.78 is 0. The molecule has 2 heteroatoms. The smallest absolute Gasteiger partial charge is 0.0716 e. The number of rotatable bonds is 0. The summed E-state index contributed by atoms with van der Waals surface area (Å²) >= 11 is 0. The summed E-state index contributed by atoms with van der Waals surface area (Å²) in [6, 6.07) is 29.6. The van der Waals surface area contributed by atoms with Crippen LogP contribution in [0.15, 0.2) is 85.1 Å². The van der Waals surface area contributed by atoms with E-state index in [9.17, 15) is 0 Å². The van der Waals surface area contributed by atoms with Gasteiger partial charge in [0.05, 0.1) is 22.8 Å². The van der Waals surface area contributed by atoms with Gasteiger partial charge in [-0.1, -0.05) is 66.7 Å². The molecule has 4 aromatic carbocycles. The van der Waals surface area contributed by atoms with E-state index in [0.29, 0.717) is 0 Å². The molecule has 5 aromatic rings. The van der Waals surface area contributed by atoms with Crippen molar-refractivity contribution in [2.45, 2.75) is 25.7 Å². The third kappa shape index (κ3) is 2.23. The van der Waals surface area contributed by atoms with E-state index in [1.807, 2.05) is 6.20 Å². The molecule has 2 aliphatic heterocycles. The Labute approximate surface area is 204 Å². The van der Waals surface area contributed by atoms with E-state index in [2.05, 4.69) is 83.8 Å². The predicted octanol–water partition coefficient (Wildman–Crippen LogP) is 7.50. The lowest BCUT2D eigenvalue weighted by molar-refractivity contribution is 0.949. The van der Waals surface area contributed by atoms with Crippen molar-refractivity contribution in [1.82, 2.24) is 4.98 Å². The molecule has 4 aliphatic rings. The summed E-state index contributed by atoms with van der Waals surface area (Å²) in [5.74, 6) is 0. The zero-order valence-corrected chi connectivity index (χ0v) is 19.3. The molecule has 0 spiro atoms. The first-order chi connectivity index (χ1) is 17.3. The molecule has 0 saturated carbocycles. The number of benzene rings is 4. The minimum absolute atomic E-state index is 0.910. The van der Waals surface area contributed by atoms with Crippen LogP contribution in [0.1, 0.15) is 44.6 Å². The van der Waals surface area contributed by atoms with Crippen molar-refractivity contribution in [1.29, 1.82) is 0 Å². The van der Waals surface area contributed by atoms with Crippen molar-refractivity contribution in [3.8, 4) is 22.3 Å². The average molecular weight is 447 g/mol. The monoisotopic (exact) mass is 446 g/mol. The van der Waals surface area contributed by atoms with Crippen LogP contribution in [0.5, 0.6) is 0 Å². The summed E-state index contributed by atoms with van der Waals surface area (Å²) in [6.45, 7) is 0. The molecule has 0 N–H and O–H groups in total. The molecule has 2 nitrogen and oxygen atoms in total. The number of hydrogen-bond acceptors (Lipinski definition) is 2. The highest BCUT2D eigenvalue weighted by Crippen LogP contribution is 2.57. The molecular weight excluding hydrogens is 424 g/mol. The van der Waals surface area contributed by atoms with Crippen molar-refractivity contribution in [3.63, 3.8) is 0 Å². The third-order valence-corrected chi connectivity index (χ3v) is 8.59. The summed E-state index contributed by atoms with van der Waals surface area (Å²) in [6.07, 6.45) is 5.93. The predicted molar refractivity (Wildman–Crippen MR) is 141 cm³/mol. The Balaban J connectivity index is 1.36. The van der Waals surface area contributed by atoms with Gasteiger partial charge in [-0.25, -0.2) is 0 Å². The van der Waals surface area contributed by atoms with Gasteiger partial charge >= 0.3 is 0 Å². The van der Waals surface area contributed by atoms with Gasteiger partial charge in [0.1, 0.15) is 0 Å². The highest BCUT2D eigenvalue weighted by Gasteiger charge is 2.38. The van der Waals surface area contributed by atoms with Crippen LogP contribution in [0, 0.1) is 0 Å². The second-order valence-corrected chi connectivity index (χ2v) is 10.3. The first-order valence-electron chi connectivity index (χ1n) is 12.6. The van der Waals surface area contributed by atoms with Gasteiger partial charge in [-0.3, -0.25) is 4.98 Å². The van der Waals surface area contributed by atoms with Crippen molar-refractivity contribution < 1.29 is 0 Å². The van der Waals surface area contributed by atoms with Crippen LogP contribution in [0.2, 0.25) is 0 Å². The largest absolute Gasteiger partial charge is 0.307 e. The molecule has 164 valence electrons. The summed E-state index contributed by atoms with van der Waals surface area (Å²) in [5, 5.41) is 0. The fourth-order valence-corrected chi connectivity index (χ4v) is 7.13. The van der Waals surface area contributed by atoms with Gasteiger partial charge in [0.25, 0.3) is 0 Å². The second-order valence-electron chi connectivity index (χ2n) is 10.3. The van der Waals surface area contributed by atoms with Gasteiger partial charge in [0, 0.05) is 24.6 Å². The van der Waals surface area contributed by atoms with E-state index < -0.39 is 0 Å². The normalized spacial score (nSPS) is 14.9. The van der Waals surface area contributed by atoms with Crippen molar-refractivity contribution in [3.05, 3.63) is 130 Å². The van der Waals surface area contributed by atoms with Crippen LogP contribution < -0.4 is 4.90 Å². The van der Waals surface area contributed by atoms with Crippen LogP contribution in [0.3, 0.4) is 0 Å². The van der Waals surface area contributed by atoms with Gasteiger partial charge in [-0.2, -0.15) is 0 Å². The van der Waals surface area contributed by atoms with Gasteiger partial charge < -0.3 is 4.90 Å². The molecule has 2 aliphatic carbocycles. The SMILES string of the molecule is c1ccc2c(c1)Cc1c-2ccc2c1Cc1nccc3c1N2c1c(ccc2c1-c1ccccc1C2)C3. The van der Waals surface area contributed by atoms with Crippen LogP contribution in [0.4, 0.5) is 17.1 Å². The van der Waals surface area contributed by atoms with E-state index in [-0.39, 0.29) is 0 Å². The fourth-order valence-electron chi connectivity index (χ4n) is 7.13. The topological polar surface area (TPSA) is 16.1 Å². The molecule has 0 bridgehead atoms. The molecule has 0 saturated heterocycles. The number of fused-ring (bicyclic) bond motifs is 12. The Morgan fingerprint density at radius 3 is 2.17 bits per heavy atom. The standard InChI is InChI=1S/C33H22N2/c1-3-7-24-20(6-1)17-27-26(24)11-12-30-28(27)18-29-32-23(13-14-34-29)16-22-10-9-21-15-19-5-2-4-8-25(19)31(21)33(22)35(30)32/h1-14H,15-18H2. The van der Waals surface area contributed by atoms with Crippen molar-refractivity contribution in [2.24, 2.45) is 0 Å². The minimum Gasteiger partial charge on any atom is -0.307 e. The lowest BCUT2D eigenvalue weighted by Gasteiger charge is -2.40. The lowest BCUT2D eigenvalue weighted by Crippen LogP contribution is -2.26. The minimum atomic E-state index is 0.910. The number of aromatic nitrogens is 1. The Kier molecular flexibility index (Phi) is 3.27.